The molecule has 0 spiro atoms. The number of hydrogen-bond donors (Lipinski definition) is 0. The second kappa shape index (κ2) is 19.6. The van der Waals surface area contributed by atoms with E-state index in [-0.39, 0.29) is 17.8 Å². The minimum atomic E-state index is -0.107. The lowest BCUT2D eigenvalue weighted by molar-refractivity contribution is 0.673. The molecule has 6 nitrogen and oxygen atoms in total. The zero-order chi connectivity index (χ0) is 53.4. The van der Waals surface area contributed by atoms with E-state index in [9.17, 15) is 0 Å². The van der Waals surface area contributed by atoms with E-state index in [0.717, 1.165) is 121 Å². The van der Waals surface area contributed by atoms with E-state index in [0.29, 0.717) is 12.3 Å². The van der Waals surface area contributed by atoms with Gasteiger partial charge < -0.3 is 13.6 Å². The third kappa shape index (κ3) is 8.11. The number of furan rings is 1. The molecule has 5 aliphatic rings. The zero-order valence-corrected chi connectivity index (χ0v) is 44.9. The van der Waals surface area contributed by atoms with Crippen molar-refractivity contribution < 1.29 is 4.42 Å². The Hall–Kier alpha value is -9.65. The van der Waals surface area contributed by atoms with Gasteiger partial charge in [-0.15, -0.1) is 0 Å². The van der Waals surface area contributed by atoms with Crippen LogP contribution in [0.1, 0.15) is 96.4 Å². The largest absolute Gasteiger partial charge is 0.455 e. The molecule has 0 aliphatic heterocycles. The van der Waals surface area contributed by atoms with Crippen molar-refractivity contribution in [3.8, 4) is 5.69 Å². The molecule has 4 heterocycles. The number of benzene rings is 7. The molecule has 0 amide bonds. The van der Waals surface area contributed by atoms with E-state index in [1.54, 1.807) is 0 Å². The first-order chi connectivity index (χ1) is 40.2. The maximum atomic E-state index is 7.30. The van der Waals surface area contributed by atoms with Gasteiger partial charge >= 0.3 is 0 Å². The molecule has 5 aliphatic carbocycles. The molecule has 388 valence electrons. The molecule has 0 fully saturated rings. The van der Waals surface area contributed by atoms with E-state index in [1.165, 1.54) is 44.2 Å². The fraction of sp³-hybridized carbons (Fsp3) is 0.133. The van der Waals surface area contributed by atoms with Gasteiger partial charge in [0.2, 0.25) is 0 Å². The Balaban J connectivity index is 0.956. The van der Waals surface area contributed by atoms with Crippen LogP contribution in [0.2, 0.25) is 0 Å². The van der Waals surface area contributed by atoms with Crippen LogP contribution in [0.3, 0.4) is 0 Å². The third-order valence-electron chi connectivity index (χ3n) is 17.6. The van der Waals surface area contributed by atoms with Crippen molar-refractivity contribution in [2.24, 2.45) is 0 Å². The Morgan fingerprint density at radius 3 is 1.91 bits per heavy atom. The Labute approximate surface area is 470 Å². The summed E-state index contributed by atoms with van der Waals surface area (Å²) in [6.07, 6.45) is 39.4. The number of fused-ring (bicyclic) bond motifs is 10. The summed E-state index contributed by atoms with van der Waals surface area (Å²) in [5, 5.41) is 6.84. The molecule has 6 heteroatoms. The summed E-state index contributed by atoms with van der Waals surface area (Å²) in [6.45, 7) is 0. The second-order valence-corrected chi connectivity index (χ2v) is 22.3. The normalized spacial score (nSPS) is 19.9. The maximum Gasteiger partial charge on any atom is 0.163 e. The lowest BCUT2D eigenvalue weighted by atomic mass is 9.77. The SMILES string of the molecule is C1=CCC(c2ccc(C3CC(c4nc(C5=CCCC=C5)nc(C5C=CC=CC5)n4)=CC(C4=CCC(c5ccccc5)C=C4)=C3n3c4ccccc4c4c5oc6cc7c8ccccc8n(-c8ccccc8)c7cc6c5ccc43)cc2)C=C1. The van der Waals surface area contributed by atoms with Crippen LogP contribution in [0.25, 0.3) is 88.1 Å². The van der Waals surface area contributed by atoms with E-state index in [1.807, 2.05) is 0 Å². The van der Waals surface area contributed by atoms with Crippen LogP contribution >= 0.6 is 0 Å². The predicted octanol–water partition coefficient (Wildman–Crippen LogP) is 19.1. The highest BCUT2D eigenvalue weighted by molar-refractivity contribution is 6.26. The number of allylic oxidation sites excluding steroid dienone is 20. The molecular formula is C75H57N5O. The molecule has 0 saturated carbocycles. The quantitative estimate of drug-likeness (QED) is 0.145. The first-order valence-electron chi connectivity index (χ1n) is 28.8. The Morgan fingerprint density at radius 1 is 0.457 bits per heavy atom. The summed E-state index contributed by atoms with van der Waals surface area (Å²) < 4.78 is 12.3. The highest BCUT2D eigenvalue weighted by Crippen LogP contribution is 2.51. The fourth-order valence-corrected chi connectivity index (χ4v) is 13.6. The number of aromatic nitrogens is 5. The summed E-state index contributed by atoms with van der Waals surface area (Å²) in [4.78, 5) is 16.2. The van der Waals surface area contributed by atoms with Gasteiger partial charge in [0.1, 0.15) is 17.0 Å². The Bertz CT molecular complexity index is 4700. The molecule has 16 rings (SSSR count). The van der Waals surface area contributed by atoms with Crippen LogP contribution in [-0.4, -0.2) is 24.1 Å². The van der Waals surface area contributed by atoms with Crippen LogP contribution in [0, 0.1) is 0 Å². The van der Waals surface area contributed by atoms with Crippen molar-refractivity contribution in [3.05, 3.63) is 294 Å². The molecule has 0 bridgehead atoms. The number of para-hydroxylation sites is 3. The molecule has 81 heavy (non-hydrogen) atoms. The molecular weight excluding hydrogens is 987 g/mol. The number of hydrogen-bond acceptors (Lipinski definition) is 4. The number of nitrogens with zero attached hydrogens (tertiary/aromatic N) is 5. The first-order valence-corrected chi connectivity index (χ1v) is 28.8. The van der Waals surface area contributed by atoms with Gasteiger partial charge in [0.25, 0.3) is 0 Å². The topological polar surface area (TPSA) is 61.7 Å². The van der Waals surface area contributed by atoms with Crippen LogP contribution in [0.15, 0.2) is 264 Å². The van der Waals surface area contributed by atoms with Gasteiger partial charge in [0.15, 0.2) is 11.6 Å². The highest BCUT2D eigenvalue weighted by Gasteiger charge is 2.34. The van der Waals surface area contributed by atoms with Crippen molar-refractivity contribution >= 4 is 82.4 Å². The van der Waals surface area contributed by atoms with E-state index in [4.69, 9.17) is 19.4 Å². The molecule has 0 radical (unpaired) electrons. The van der Waals surface area contributed by atoms with Gasteiger partial charge in [-0.3, -0.25) is 0 Å². The highest BCUT2D eigenvalue weighted by atomic mass is 16.3. The average Bonchev–Trinajstić information content (AvgIpc) is 4.23. The molecule has 7 aromatic carbocycles. The van der Waals surface area contributed by atoms with Crippen molar-refractivity contribution in [1.82, 2.24) is 24.1 Å². The van der Waals surface area contributed by atoms with Crippen LogP contribution < -0.4 is 0 Å². The van der Waals surface area contributed by atoms with Gasteiger partial charge in [0.05, 0.1) is 27.5 Å². The molecule has 4 aromatic heterocycles. The Morgan fingerprint density at radius 2 is 1.16 bits per heavy atom. The van der Waals surface area contributed by atoms with Gasteiger partial charge in [0, 0.05) is 73.1 Å². The van der Waals surface area contributed by atoms with Crippen LogP contribution in [-0.2, 0) is 0 Å². The lowest BCUT2D eigenvalue weighted by Crippen LogP contribution is -2.18. The van der Waals surface area contributed by atoms with Crippen molar-refractivity contribution in [2.45, 2.75) is 62.2 Å². The molecule has 0 saturated heterocycles. The predicted molar refractivity (Wildman–Crippen MR) is 335 cm³/mol. The smallest absolute Gasteiger partial charge is 0.163 e. The minimum Gasteiger partial charge on any atom is -0.455 e. The summed E-state index contributed by atoms with van der Waals surface area (Å²) >= 11 is 0. The molecule has 4 atom stereocenters. The first kappa shape index (κ1) is 47.4. The third-order valence-corrected chi connectivity index (χ3v) is 17.6. The van der Waals surface area contributed by atoms with Gasteiger partial charge in [-0.2, -0.15) is 0 Å². The van der Waals surface area contributed by atoms with Crippen molar-refractivity contribution in [3.63, 3.8) is 0 Å². The van der Waals surface area contributed by atoms with E-state index >= 15 is 0 Å². The van der Waals surface area contributed by atoms with Crippen LogP contribution in [0.5, 0.6) is 0 Å². The van der Waals surface area contributed by atoms with Gasteiger partial charge in [-0.05, 0) is 121 Å². The zero-order valence-electron chi connectivity index (χ0n) is 44.9. The summed E-state index contributed by atoms with van der Waals surface area (Å²) in [5.41, 5.74) is 17.1. The summed E-state index contributed by atoms with van der Waals surface area (Å²) in [6, 6.07) is 58.1. The van der Waals surface area contributed by atoms with Crippen molar-refractivity contribution in [1.29, 1.82) is 0 Å². The van der Waals surface area contributed by atoms with E-state index in [2.05, 4.69) is 258 Å². The molecule has 4 unspecified atom stereocenters. The van der Waals surface area contributed by atoms with E-state index < -0.39 is 0 Å². The molecule has 11 aromatic rings. The minimum absolute atomic E-state index is 0.0525. The maximum absolute atomic E-state index is 7.30. The monoisotopic (exact) mass is 1040 g/mol. The second-order valence-electron chi connectivity index (χ2n) is 22.3. The molecule has 0 N–H and O–H groups in total. The standard InChI is InChI=1S/C75H57N5O/c1-6-20-48(21-7-1)50-34-38-52(39-35-50)61-44-56(75-77-73(54-24-10-3-11-25-54)76-74(78-75)55-26-12-4-13-27-55)45-62(53-40-36-51(37-41-53)49-22-8-2-9-23-49)71(61)80-66-33-19-17-31-60(66)70-67(80)43-42-59-64-46-68-63(47-69(64)81-72(59)70)58-30-16-18-32-65(58)79(68)57-28-14-5-15-29-57/h1-3,5-12,14-22,24,26-34,36-44,46-47,49-50,54,62H,4,13,23,25,35,45H2. The summed E-state index contributed by atoms with van der Waals surface area (Å²) in [5.74, 6) is 2.84. The number of rotatable bonds is 9. The fourth-order valence-electron chi connectivity index (χ4n) is 13.6. The summed E-state index contributed by atoms with van der Waals surface area (Å²) in [7, 11) is 0. The lowest BCUT2D eigenvalue weighted by Gasteiger charge is -2.32. The van der Waals surface area contributed by atoms with Gasteiger partial charge in [-0.1, -0.05) is 194 Å². The Kier molecular flexibility index (Phi) is 11.5. The average molecular weight is 1040 g/mol. The van der Waals surface area contributed by atoms with Crippen molar-refractivity contribution in [2.75, 3.05) is 0 Å². The van der Waals surface area contributed by atoms with Gasteiger partial charge in [-0.25, -0.2) is 15.0 Å². The van der Waals surface area contributed by atoms with Crippen LogP contribution in [0.4, 0.5) is 0 Å².